The van der Waals surface area contributed by atoms with Crippen LogP contribution < -0.4 is 5.32 Å². The van der Waals surface area contributed by atoms with E-state index in [0.717, 1.165) is 12.0 Å². The first-order valence-electron chi connectivity index (χ1n) is 5.23. The smallest absolute Gasteiger partial charge is 0.0699 e. The Hall–Kier alpha value is -0.280. The fourth-order valence-corrected chi connectivity index (χ4v) is 2.17. The molecule has 0 saturated heterocycles. The molecule has 0 bridgehead atoms. The number of hydrogen-bond donors (Lipinski definition) is 1. The van der Waals surface area contributed by atoms with Crippen LogP contribution in [0, 0.1) is 0 Å². The van der Waals surface area contributed by atoms with Crippen LogP contribution in [0.4, 0.5) is 0 Å². The Balaban J connectivity index is 2.85. The van der Waals surface area contributed by atoms with Gasteiger partial charge in [-0.1, -0.05) is 29.3 Å². The highest BCUT2D eigenvalue weighted by atomic mass is 35.5. The largest absolute Gasteiger partial charge is 0.380 e. The third kappa shape index (κ3) is 3.36. The minimum absolute atomic E-state index is 0.109. The molecule has 0 heterocycles. The maximum Gasteiger partial charge on any atom is 0.0699 e. The zero-order valence-corrected chi connectivity index (χ0v) is 11.3. The average molecular weight is 262 g/mol. The molecule has 1 rings (SSSR count). The van der Waals surface area contributed by atoms with Crippen molar-refractivity contribution in [3.8, 4) is 0 Å². The zero-order chi connectivity index (χ0) is 12.1. The average Bonchev–Trinajstić information content (AvgIpc) is 2.28. The quantitative estimate of drug-likeness (QED) is 0.880. The summed E-state index contributed by atoms with van der Waals surface area (Å²) in [6.07, 6.45) is 0.863. The lowest BCUT2D eigenvalue weighted by molar-refractivity contribution is 0.0857. The molecule has 0 aliphatic rings. The van der Waals surface area contributed by atoms with Crippen molar-refractivity contribution in [2.45, 2.75) is 25.5 Å². The van der Waals surface area contributed by atoms with Crippen molar-refractivity contribution in [3.63, 3.8) is 0 Å². The second kappa shape index (κ2) is 6.45. The summed E-state index contributed by atoms with van der Waals surface area (Å²) in [7, 11) is 3.61. The maximum absolute atomic E-state index is 6.13. The Morgan fingerprint density at radius 1 is 1.31 bits per heavy atom. The van der Waals surface area contributed by atoms with Crippen LogP contribution in [0.3, 0.4) is 0 Å². The van der Waals surface area contributed by atoms with Crippen LogP contribution in [-0.4, -0.2) is 26.3 Å². The van der Waals surface area contributed by atoms with Gasteiger partial charge >= 0.3 is 0 Å². The summed E-state index contributed by atoms with van der Waals surface area (Å²) in [6.45, 7) is 2.02. The van der Waals surface area contributed by atoms with Gasteiger partial charge in [0.2, 0.25) is 0 Å². The van der Waals surface area contributed by atoms with E-state index in [1.807, 2.05) is 32.2 Å². The number of halogens is 2. The molecule has 0 aliphatic heterocycles. The molecule has 2 atom stereocenters. The Kier molecular flexibility index (Phi) is 5.56. The summed E-state index contributed by atoms with van der Waals surface area (Å²) < 4.78 is 5.31. The molecule has 4 heteroatoms. The second-order valence-corrected chi connectivity index (χ2v) is 4.55. The first kappa shape index (κ1) is 13.8. The predicted molar refractivity (Wildman–Crippen MR) is 69.5 cm³/mol. The van der Waals surface area contributed by atoms with Gasteiger partial charge in [-0.2, -0.15) is 0 Å². The third-order valence-electron chi connectivity index (χ3n) is 2.79. The minimum Gasteiger partial charge on any atom is -0.380 e. The molecule has 1 aromatic rings. The van der Waals surface area contributed by atoms with Crippen LogP contribution in [0.25, 0.3) is 0 Å². The lowest BCUT2D eigenvalue weighted by Crippen LogP contribution is -2.38. The van der Waals surface area contributed by atoms with Gasteiger partial charge in [-0.3, -0.25) is 0 Å². The van der Waals surface area contributed by atoms with Gasteiger partial charge in [0.25, 0.3) is 0 Å². The highest BCUT2D eigenvalue weighted by Gasteiger charge is 2.18. The van der Waals surface area contributed by atoms with Crippen LogP contribution in [0.1, 0.15) is 12.5 Å². The van der Waals surface area contributed by atoms with Crippen molar-refractivity contribution in [3.05, 3.63) is 33.8 Å². The SMILES string of the molecule is CNC(Cc1c(Cl)cccc1Cl)C(C)OC. The Morgan fingerprint density at radius 2 is 1.88 bits per heavy atom. The molecule has 2 unspecified atom stereocenters. The van der Waals surface area contributed by atoms with Crippen LogP contribution in [0.5, 0.6) is 0 Å². The summed E-state index contributed by atoms with van der Waals surface area (Å²) in [5.41, 5.74) is 0.967. The van der Waals surface area contributed by atoms with E-state index in [9.17, 15) is 0 Å². The second-order valence-electron chi connectivity index (χ2n) is 3.74. The van der Waals surface area contributed by atoms with E-state index in [-0.39, 0.29) is 12.1 Å². The lowest BCUT2D eigenvalue weighted by atomic mass is 10.0. The van der Waals surface area contributed by atoms with E-state index in [4.69, 9.17) is 27.9 Å². The zero-order valence-electron chi connectivity index (χ0n) is 9.76. The summed E-state index contributed by atoms with van der Waals surface area (Å²) in [5, 5.41) is 4.62. The molecule has 0 amide bonds. The Labute approximate surface area is 107 Å². The number of methoxy groups -OCH3 is 1. The normalized spacial score (nSPS) is 14.8. The number of ether oxygens (including phenoxy) is 1. The monoisotopic (exact) mass is 261 g/mol. The van der Waals surface area contributed by atoms with Crippen molar-refractivity contribution in [2.24, 2.45) is 0 Å². The van der Waals surface area contributed by atoms with Crippen molar-refractivity contribution in [2.75, 3.05) is 14.2 Å². The molecular weight excluding hydrogens is 245 g/mol. The summed E-state index contributed by atoms with van der Waals surface area (Å²) >= 11 is 12.3. The number of likely N-dealkylation sites (N-methyl/N-ethyl adjacent to an activating group) is 1. The molecule has 16 heavy (non-hydrogen) atoms. The number of rotatable bonds is 5. The third-order valence-corrected chi connectivity index (χ3v) is 3.50. The van der Waals surface area contributed by atoms with Crippen LogP contribution in [-0.2, 0) is 11.2 Å². The topological polar surface area (TPSA) is 21.3 Å². The van der Waals surface area contributed by atoms with Gasteiger partial charge in [0.15, 0.2) is 0 Å². The number of nitrogens with one attached hydrogen (secondary N) is 1. The van der Waals surface area contributed by atoms with Gasteiger partial charge in [0, 0.05) is 23.2 Å². The van der Waals surface area contributed by atoms with Crippen molar-refractivity contribution < 1.29 is 4.74 Å². The first-order valence-corrected chi connectivity index (χ1v) is 5.98. The van der Waals surface area contributed by atoms with E-state index >= 15 is 0 Å². The van der Waals surface area contributed by atoms with Gasteiger partial charge in [-0.25, -0.2) is 0 Å². The summed E-state index contributed by atoms with van der Waals surface area (Å²) in [5.74, 6) is 0. The van der Waals surface area contributed by atoms with Gasteiger partial charge in [-0.15, -0.1) is 0 Å². The van der Waals surface area contributed by atoms with Crippen LogP contribution >= 0.6 is 23.2 Å². The molecule has 0 aliphatic carbocycles. The molecule has 2 nitrogen and oxygen atoms in total. The molecule has 90 valence electrons. The minimum atomic E-state index is 0.109. The first-order chi connectivity index (χ1) is 7.60. The fourth-order valence-electron chi connectivity index (χ4n) is 1.61. The molecule has 0 fully saturated rings. The number of benzene rings is 1. The van der Waals surface area contributed by atoms with E-state index in [1.54, 1.807) is 7.11 Å². The van der Waals surface area contributed by atoms with Gasteiger partial charge in [0.05, 0.1) is 6.10 Å². The lowest BCUT2D eigenvalue weighted by Gasteiger charge is -2.23. The van der Waals surface area contributed by atoms with E-state index in [2.05, 4.69) is 5.32 Å². The summed E-state index contributed by atoms with van der Waals surface area (Å²) in [4.78, 5) is 0. The van der Waals surface area contributed by atoms with Crippen LogP contribution in [0.15, 0.2) is 18.2 Å². The molecule has 0 spiro atoms. The molecular formula is C12H17Cl2NO. The van der Waals surface area contributed by atoms with Gasteiger partial charge in [0.1, 0.15) is 0 Å². The Morgan fingerprint density at radius 3 is 2.31 bits per heavy atom. The van der Waals surface area contributed by atoms with Crippen molar-refractivity contribution in [1.29, 1.82) is 0 Å². The molecule has 0 aromatic heterocycles. The fraction of sp³-hybridized carbons (Fsp3) is 0.500. The molecule has 0 saturated carbocycles. The van der Waals surface area contributed by atoms with E-state index < -0.39 is 0 Å². The molecule has 0 radical (unpaired) electrons. The molecule has 1 aromatic carbocycles. The highest BCUT2D eigenvalue weighted by Crippen LogP contribution is 2.26. The van der Waals surface area contributed by atoms with Crippen molar-refractivity contribution in [1.82, 2.24) is 5.32 Å². The highest BCUT2D eigenvalue weighted by molar-refractivity contribution is 6.36. The van der Waals surface area contributed by atoms with E-state index in [0.29, 0.717) is 10.0 Å². The number of hydrogen-bond acceptors (Lipinski definition) is 2. The van der Waals surface area contributed by atoms with Crippen LogP contribution in [0.2, 0.25) is 10.0 Å². The maximum atomic E-state index is 6.13. The van der Waals surface area contributed by atoms with Crippen molar-refractivity contribution >= 4 is 23.2 Å². The van der Waals surface area contributed by atoms with E-state index in [1.165, 1.54) is 0 Å². The van der Waals surface area contributed by atoms with Gasteiger partial charge in [-0.05, 0) is 38.1 Å². The molecule has 1 N–H and O–H groups in total. The summed E-state index contributed by atoms with van der Waals surface area (Å²) in [6, 6.07) is 5.75. The standard InChI is InChI=1S/C12H17Cl2NO/c1-8(16-3)12(15-2)7-9-10(13)5-4-6-11(9)14/h4-6,8,12,15H,7H2,1-3H3. The Bertz CT molecular complexity index is 324. The predicted octanol–water partition coefficient (Wildman–Crippen LogP) is 3.16. The van der Waals surface area contributed by atoms with Gasteiger partial charge < -0.3 is 10.1 Å².